The van der Waals surface area contributed by atoms with Crippen molar-refractivity contribution in [3.63, 3.8) is 0 Å². The Hall–Kier alpha value is -5.80. The first-order valence-electron chi connectivity index (χ1n) is 24.9. The SMILES string of the molecule is C[N+]1=C(C=CC=CC=C2N(CC(=O)NCCCCCCNc3ncnc4c3ncn4C3OC(COP(=O)([O-])OP(=O)([O-])OP(=O)([O-])O)C(O)C3O)c3ccc4ccccc4c3C2(C)C)C(C)(C)c2c1ccc1ccccc21. The molecule has 7 atom stereocenters. The summed E-state index contributed by atoms with van der Waals surface area (Å²) in [6, 6.07) is 25.5. The number of nitrogens with one attached hydrogen (secondary N) is 2. The highest BCUT2D eigenvalue weighted by Crippen LogP contribution is 2.61. The van der Waals surface area contributed by atoms with Gasteiger partial charge in [-0.05, 0) is 72.0 Å². The van der Waals surface area contributed by atoms with Gasteiger partial charge in [-0.2, -0.15) is 4.58 Å². The monoisotopic (exact) mass is 1110 g/mol. The van der Waals surface area contributed by atoms with Crippen molar-refractivity contribution in [1.29, 1.82) is 0 Å². The molecule has 0 radical (unpaired) electrons. The normalized spacial score (nSPS) is 22.8. The topological polar surface area (TPSA) is 309 Å². The lowest BCUT2D eigenvalue weighted by Crippen LogP contribution is -2.37. The van der Waals surface area contributed by atoms with Crippen molar-refractivity contribution in [3.05, 3.63) is 133 Å². The minimum atomic E-state index is -6.15. The van der Waals surface area contributed by atoms with Crippen molar-refractivity contribution in [2.75, 3.05) is 43.5 Å². The lowest BCUT2D eigenvalue weighted by molar-refractivity contribution is -0.401. The molecule has 77 heavy (non-hydrogen) atoms. The van der Waals surface area contributed by atoms with Crippen LogP contribution in [0.15, 0.2) is 122 Å². The molecule has 5 heterocycles. The fraction of sp³-hybridized carbons (Fsp3) is 0.365. The predicted molar refractivity (Wildman–Crippen MR) is 283 cm³/mol. The van der Waals surface area contributed by atoms with Gasteiger partial charge in [0.2, 0.25) is 11.6 Å². The maximum absolute atomic E-state index is 13.7. The molecule has 1 amide bonds. The number of anilines is 2. The summed E-state index contributed by atoms with van der Waals surface area (Å²) < 4.78 is 54.8. The van der Waals surface area contributed by atoms with Crippen LogP contribution in [-0.2, 0) is 47.2 Å². The zero-order valence-electron chi connectivity index (χ0n) is 42.8. The van der Waals surface area contributed by atoms with E-state index in [1.165, 1.54) is 50.5 Å². The molecule has 7 unspecified atom stereocenters. The molecule has 0 spiro atoms. The van der Waals surface area contributed by atoms with Crippen LogP contribution in [0.2, 0.25) is 0 Å². The maximum Gasteiger partial charge on any atom is 0.280 e. The molecule has 408 valence electrons. The zero-order valence-corrected chi connectivity index (χ0v) is 45.5. The van der Waals surface area contributed by atoms with Crippen molar-refractivity contribution < 1.29 is 70.7 Å². The van der Waals surface area contributed by atoms with Crippen LogP contribution in [0.25, 0.3) is 32.7 Å². The number of aliphatic hydroxyl groups excluding tert-OH is 2. The average Bonchev–Trinajstić information content (AvgIpc) is 4.26. The van der Waals surface area contributed by atoms with Gasteiger partial charge in [0, 0.05) is 47.6 Å². The molecule has 22 nitrogen and oxygen atoms in total. The third-order valence-electron chi connectivity index (χ3n) is 14.2. The van der Waals surface area contributed by atoms with E-state index in [-0.39, 0.29) is 23.5 Å². The highest BCUT2D eigenvalue weighted by Gasteiger charge is 2.46. The molecule has 3 aliphatic rings. The maximum atomic E-state index is 13.7. The number of nitrogens with zero attached hydrogens (tertiary/aromatic N) is 6. The Bertz CT molecular complexity index is 3520. The van der Waals surface area contributed by atoms with Crippen LogP contribution in [0.3, 0.4) is 0 Å². The van der Waals surface area contributed by atoms with Crippen LogP contribution in [0, 0.1) is 0 Å². The van der Waals surface area contributed by atoms with Gasteiger partial charge in [-0.25, -0.2) is 23.6 Å². The second kappa shape index (κ2) is 22.1. The molecule has 1 saturated heterocycles. The molecule has 4 aromatic carbocycles. The number of unbranched alkanes of at least 4 members (excludes halogenated alkanes) is 3. The molecule has 0 bridgehead atoms. The fourth-order valence-electron chi connectivity index (χ4n) is 10.7. The number of benzene rings is 4. The molecular formula is C52H59N8O14P3-2. The van der Waals surface area contributed by atoms with Crippen molar-refractivity contribution in [3.8, 4) is 0 Å². The van der Waals surface area contributed by atoms with E-state index in [2.05, 4.69) is 180 Å². The molecular weight excluding hydrogens is 1050 g/mol. The zero-order chi connectivity index (χ0) is 55.1. The molecule has 0 aliphatic carbocycles. The van der Waals surface area contributed by atoms with Crippen molar-refractivity contribution in [2.24, 2.45) is 0 Å². The number of rotatable bonds is 21. The minimum Gasteiger partial charge on any atom is -0.756 e. The molecule has 3 aliphatic heterocycles. The van der Waals surface area contributed by atoms with Gasteiger partial charge in [0.05, 0.1) is 18.3 Å². The Labute approximate surface area is 443 Å². The van der Waals surface area contributed by atoms with E-state index in [0.717, 1.165) is 47.8 Å². The number of phosphoric ester groups is 1. The number of hydrogen-bond donors (Lipinski definition) is 5. The third kappa shape index (κ3) is 11.8. The number of phosphoric acid groups is 3. The number of hydrogen-bond acceptors (Lipinski definition) is 18. The second-order valence-electron chi connectivity index (χ2n) is 20.0. The summed E-state index contributed by atoms with van der Waals surface area (Å²) in [7, 11) is -15.8. The van der Waals surface area contributed by atoms with E-state index >= 15 is 0 Å². The van der Waals surface area contributed by atoms with Crippen LogP contribution in [0.1, 0.15) is 70.7 Å². The number of ether oxygens (including phenoxy) is 1. The van der Waals surface area contributed by atoms with Gasteiger partial charge in [0.1, 0.15) is 38.2 Å². The van der Waals surface area contributed by atoms with E-state index < -0.39 is 60.0 Å². The van der Waals surface area contributed by atoms with Crippen molar-refractivity contribution in [1.82, 2.24) is 24.8 Å². The molecule has 1 fully saturated rings. The summed E-state index contributed by atoms with van der Waals surface area (Å²) in [6.07, 6.45) is 9.81. The van der Waals surface area contributed by atoms with Crippen molar-refractivity contribution in [2.45, 2.75) is 88.7 Å². The quantitative estimate of drug-likeness (QED) is 0.0246. The van der Waals surface area contributed by atoms with Gasteiger partial charge >= 0.3 is 0 Å². The summed E-state index contributed by atoms with van der Waals surface area (Å²) in [5.74, 6) is 0.283. The Morgan fingerprint density at radius 1 is 0.805 bits per heavy atom. The Balaban J connectivity index is 0.768. The molecule has 2 aromatic heterocycles. The second-order valence-corrected chi connectivity index (χ2v) is 24.3. The average molecular weight is 1110 g/mol. The number of imidazole rings is 1. The van der Waals surface area contributed by atoms with Gasteiger partial charge in [0.25, 0.3) is 23.5 Å². The van der Waals surface area contributed by atoms with E-state index in [0.29, 0.717) is 24.4 Å². The van der Waals surface area contributed by atoms with Crippen molar-refractivity contribution >= 4 is 85.0 Å². The van der Waals surface area contributed by atoms with Crippen LogP contribution >= 0.6 is 23.5 Å². The molecule has 6 aromatic rings. The molecule has 0 saturated carbocycles. The van der Waals surface area contributed by atoms with Gasteiger partial charge in [-0.1, -0.05) is 99.5 Å². The first-order valence-corrected chi connectivity index (χ1v) is 29.3. The summed E-state index contributed by atoms with van der Waals surface area (Å²) in [5, 5.41) is 32.6. The van der Waals surface area contributed by atoms with Crippen LogP contribution in [0.4, 0.5) is 17.2 Å². The highest BCUT2D eigenvalue weighted by atomic mass is 31.3. The number of carbonyl (C=O) groups excluding carboxylic acids is 1. The van der Waals surface area contributed by atoms with E-state index in [1.54, 1.807) is 0 Å². The molecule has 9 rings (SSSR count). The lowest BCUT2D eigenvalue weighted by atomic mass is 9.79. The third-order valence-corrected chi connectivity index (χ3v) is 17.9. The lowest BCUT2D eigenvalue weighted by Gasteiger charge is -2.33. The van der Waals surface area contributed by atoms with E-state index in [4.69, 9.17) is 9.63 Å². The fourth-order valence-corrected chi connectivity index (χ4v) is 13.6. The number of amides is 1. The number of aromatic nitrogens is 4. The standard InChI is InChI=1S/C52H61N8O14P3/c1-51(2)40(58(5)37-25-23-33-17-11-13-19-35(33)43(37)51)21-9-8-10-22-41-52(3,4)44-36-20-14-12-18-34(36)24-26-38(44)59(41)29-42(61)53-27-15-6-7-16-28-54-48-45-49(56-31-55-48)60(32-57-45)50-47(63)46(62)39(72-50)30-71-76(67,68)74-77(69,70)73-75(64,65)66/h8-14,17-26,31-32,39,46-47,50,62-63H,6-7,15-16,27-30H2,1-5H3,(H5-,53,54,55,56,61,64,65,66,67,68,69,70)/p-2. The molecule has 5 N–H and O–H groups in total. The Morgan fingerprint density at radius 3 is 2.19 bits per heavy atom. The summed E-state index contributed by atoms with van der Waals surface area (Å²) in [4.78, 5) is 71.6. The van der Waals surface area contributed by atoms with Crippen LogP contribution < -0.4 is 30.2 Å². The summed E-state index contributed by atoms with van der Waals surface area (Å²) in [6.45, 7) is 9.05. The Morgan fingerprint density at radius 2 is 1.48 bits per heavy atom. The first kappa shape index (κ1) is 55.9. The van der Waals surface area contributed by atoms with Gasteiger partial charge in [-0.15, -0.1) is 0 Å². The predicted octanol–water partition coefficient (Wildman–Crippen LogP) is 5.79. The van der Waals surface area contributed by atoms with Gasteiger partial charge in [-0.3, -0.25) is 23.1 Å². The number of carbonyl (C=O) groups is 1. The van der Waals surface area contributed by atoms with E-state index in [1.807, 2.05) is 6.07 Å². The number of aliphatic hydroxyl groups is 2. The number of fused-ring (bicyclic) bond motifs is 7. The highest BCUT2D eigenvalue weighted by molar-refractivity contribution is 7.65. The van der Waals surface area contributed by atoms with Gasteiger partial charge in [0.15, 0.2) is 28.9 Å². The Kier molecular flexibility index (Phi) is 16.1. The smallest absolute Gasteiger partial charge is 0.280 e. The summed E-state index contributed by atoms with van der Waals surface area (Å²) in [5.41, 5.74) is 6.83. The van der Waals surface area contributed by atoms with Gasteiger partial charge < -0.3 is 54.6 Å². The first-order chi connectivity index (χ1) is 36.5. The van der Waals surface area contributed by atoms with E-state index in [9.17, 15) is 43.4 Å². The summed E-state index contributed by atoms with van der Waals surface area (Å²) >= 11 is 0. The molecule has 25 heteroatoms. The van der Waals surface area contributed by atoms with Crippen LogP contribution in [0.5, 0.6) is 0 Å². The minimum absolute atomic E-state index is 0.0858. The van der Waals surface area contributed by atoms with Crippen LogP contribution in [-0.4, -0.2) is 102 Å². The largest absolute Gasteiger partial charge is 0.756 e. The number of allylic oxidation sites excluding steroid dienone is 6.